The molecule has 1 N–H and O–H groups in total. The number of rotatable bonds is 4. The van der Waals surface area contributed by atoms with Gasteiger partial charge in [-0.05, 0) is 81.1 Å². The Morgan fingerprint density at radius 1 is 1.42 bits per heavy atom. The molecule has 0 fully saturated rings. The summed E-state index contributed by atoms with van der Waals surface area (Å²) in [5, 5.41) is 5.12. The molecular formula is C13H11BrF2INS. The SMILES string of the molecule is CNC(Cc1c(F)ccc(Br)c1F)c1csc(I)c1. The average Bonchev–Trinajstić information content (AvgIpc) is 2.81. The summed E-state index contributed by atoms with van der Waals surface area (Å²) >= 11 is 6.95. The third-order valence-corrected chi connectivity index (χ3v) is 5.31. The number of likely N-dealkylation sites (N-methyl/N-ethyl adjacent to an activating group) is 1. The molecule has 0 aliphatic rings. The van der Waals surface area contributed by atoms with E-state index in [9.17, 15) is 8.78 Å². The predicted molar refractivity (Wildman–Crippen MR) is 86.6 cm³/mol. The number of hydrogen-bond acceptors (Lipinski definition) is 2. The highest BCUT2D eigenvalue weighted by Gasteiger charge is 2.18. The first-order valence-corrected chi connectivity index (χ1v) is 8.31. The van der Waals surface area contributed by atoms with Crippen molar-refractivity contribution >= 4 is 49.9 Å². The molecule has 0 saturated heterocycles. The molecule has 2 rings (SSSR count). The Morgan fingerprint density at radius 2 is 2.16 bits per heavy atom. The van der Waals surface area contributed by atoms with Crippen LogP contribution in [0.2, 0.25) is 0 Å². The van der Waals surface area contributed by atoms with Crippen molar-refractivity contribution in [2.45, 2.75) is 12.5 Å². The number of hydrogen-bond donors (Lipinski definition) is 1. The monoisotopic (exact) mass is 457 g/mol. The van der Waals surface area contributed by atoms with Gasteiger partial charge in [0.1, 0.15) is 11.6 Å². The van der Waals surface area contributed by atoms with Crippen molar-refractivity contribution < 1.29 is 8.78 Å². The van der Waals surface area contributed by atoms with Crippen LogP contribution in [0.5, 0.6) is 0 Å². The van der Waals surface area contributed by atoms with Crippen LogP contribution in [-0.2, 0) is 6.42 Å². The molecule has 1 aromatic carbocycles. The maximum atomic E-state index is 14.0. The average molecular weight is 458 g/mol. The molecule has 0 bridgehead atoms. The number of halogens is 4. The van der Waals surface area contributed by atoms with Crippen LogP contribution in [0.4, 0.5) is 8.78 Å². The van der Waals surface area contributed by atoms with Crippen LogP contribution in [0, 0.1) is 14.5 Å². The number of thiophene rings is 1. The molecule has 19 heavy (non-hydrogen) atoms. The molecular weight excluding hydrogens is 447 g/mol. The summed E-state index contributed by atoms with van der Waals surface area (Å²) in [6.07, 6.45) is 0.278. The van der Waals surface area contributed by atoms with Gasteiger partial charge in [0.2, 0.25) is 0 Å². The second-order valence-electron chi connectivity index (χ2n) is 4.05. The van der Waals surface area contributed by atoms with Gasteiger partial charge in [-0.3, -0.25) is 0 Å². The molecule has 0 aliphatic carbocycles. The van der Waals surface area contributed by atoms with Gasteiger partial charge in [-0.2, -0.15) is 0 Å². The summed E-state index contributed by atoms with van der Waals surface area (Å²) in [7, 11) is 1.79. The highest BCUT2D eigenvalue weighted by Crippen LogP contribution is 2.28. The van der Waals surface area contributed by atoms with Gasteiger partial charge >= 0.3 is 0 Å². The summed E-state index contributed by atoms with van der Waals surface area (Å²) < 4.78 is 29.2. The van der Waals surface area contributed by atoms with E-state index in [1.807, 2.05) is 11.4 Å². The number of nitrogens with one attached hydrogen (secondary N) is 1. The summed E-state index contributed by atoms with van der Waals surface area (Å²) in [5.41, 5.74) is 1.16. The molecule has 1 unspecified atom stereocenters. The smallest absolute Gasteiger partial charge is 0.143 e. The van der Waals surface area contributed by atoms with E-state index in [4.69, 9.17) is 0 Å². The van der Waals surface area contributed by atoms with Crippen LogP contribution >= 0.6 is 49.9 Å². The minimum absolute atomic E-state index is 0.0990. The molecule has 1 atom stereocenters. The Labute approximate surface area is 136 Å². The molecule has 102 valence electrons. The molecule has 0 spiro atoms. The zero-order chi connectivity index (χ0) is 14.0. The third kappa shape index (κ3) is 3.53. The fourth-order valence-corrected chi connectivity index (χ4v) is 3.65. The highest BCUT2D eigenvalue weighted by molar-refractivity contribution is 14.1. The van der Waals surface area contributed by atoms with Crippen molar-refractivity contribution in [2.75, 3.05) is 7.05 Å². The van der Waals surface area contributed by atoms with Crippen LogP contribution < -0.4 is 5.32 Å². The predicted octanol–water partition coefficient (Wildman–Crippen LogP) is 4.90. The van der Waals surface area contributed by atoms with Gasteiger partial charge in [0.05, 0.1) is 7.36 Å². The van der Waals surface area contributed by atoms with E-state index in [0.29, 0.717) is 4.47 Å². The Bertz CT molecular complexity index is 588. The molecule has 0 amide bonds. The normalized spacial score (nSPS) is 12.7. The van der Waals surface area contributed by atoms with Gasteiger partial charge in [-0.25, -0.2) is 8.78 Å². The van der Waals surface area contributed by atoms with Crippen molar-refractivity contribution in [1.82, 2.24) is 5.32 Å². The van der Waals surface area contributed by atoms with E-state index in [0.717, 1.165) is 8.45 Å². The first kappa shape index (κ1) is 15.3. The van der Waals surface area contributed by atoms with E-state index in [1.165, 1.54) is 12.1 Å². The molecule has 0 aliphatic heterocycles. The van der Waals surface area contributed by atoms with E-state index < -0.39 is 11.6 Å². The summed E-state index contributed by atoms with van der Waals surface area (Å²) in [4.78, 5) is 0. The second kappa shape index (κ2) is 6.60. The minimum atomic E-state index is -0.523. The van der Waals surface area contributed by atoms with Crippen LogP contribution in [-0.4, -0.2) is 7.05 Å². The molecule has 1 heterocycles. The van der Waals surface area contributed by atoms with Crippen molar-refractivity contribution in [3.63, 3.8) is 0 Å². The van der Waals surface area contributed by atoms with Gasteiger partial charge in [0.15, 0.2) is 0 Å². The summed E-state index contributed by atoms with van der Waals surface area (Å²) in [5.74, 6) is -1.03. The van der Waals surface area contributed by atoms with E-state index in [-0.39, 0.29) is 18.0 Å². The third-order valence-electron chi connectivity index (χ3n) is 2.89. The maximum absolute atomic E-state index is 14.0. The lowest BCUT2D eigenvalue weighted by Gasteiger charge is -2.16. The Hall–Kier alpha value is -0.0500. The van der Waals surface area contributed by atoms with E-state index in [1.54, 1.807) is 18.4 Å². The Morgan fingerprint density at radius 3 is 2.74 bits per heavy atom. The largest absolute Gasteiger partial charge is 0.313 e. The Balaban J connectivity index is 2.31. The Kier molecular flexibility index (Phi) is 5.33. The van der Waals surface area contributed by atoms with Crippen molar-refractivity contribution in [3.8, 4) is 0 Å². The second-order valence-corrected chi connectivity index (χ2v) is 7.71. The van der Waals surface area contributed by atoms with Crippen molar-refractivity contribution in [2.24, 2.45) is 0 Å². The van der Waals surface area contributed by atoms with Crippen molar-refractivity contribution in [1.29, 1.82) is 0 Å². The lowest BCUT2D eigenvalue weighted by molar-refractivity contribution is 0.513. The molecule has 1 nitrogen and oxygen atoms in total. The minimum Gasteiger partial charge on any atom is -0.313 e. The van der Waals surface area contributed by atoms with Crippen LogP contribution in [0.3, 0.4) is 0 Å². The van der Waals surface area contributed by atoms with Gasteiger partial charge in [0, 0.05) is 11.6 Å². The lowest BCUT2D eigenvalue weighted by Crippen LogP contribution is -2.19. The summed E-state index contributed by atoms with van der Waals surface area (Å²) in [6.45, 7) is 0. The quantitative estimate of drug-likeness (QED) is 0.508. The van der Waals surface area contributed by atoms with Gasteiger partial charge in [-0.15, -0.1) is 11.3 Å². The summed E-state index contributed by atoms with van der Waals surface area (Å²) in [6, 6.07) is 4.60. The molecule has 2 aromatic rings. The first-order valence-electron chi connectivity index (χ1n) is 5.56. The van der Waals surface area contributed by atoms with Gasteiger partial charge in [-0.1, -0.05) is 0 Å². The first-order chi connectivity index (χ1) is 9.02. The van der Waals surface area contributed by atoms with Crippen LogP contribution in [0.25, 0.3) is 0 Å². The van der Waals surface area contributed by atoms with Crippen LogP contribution in [0.1, 0.15) is 17.2 Å². The fourth-order valence-electron chi connectivity index (χ4n) is 1.85. The molecule has 0 radical (unpaired) electrons. The number of benzene rings is 1. The molecule has 6 heteroatoms. The topological polar surface area (TPSA) is 12.0 Å². The van der Waals surface area contributed by atoms with E-state index in [2.05, 4.69) is 43.8 Å². The fraction of sp³-hybridized carbons (Fsp3) is 0.231. The van der Waals surface area contributed by atoms with E-state index >= 15 is 0 Å². The molecule has 0 saturated carbocycles. The maximum Gasteiger partial charge on any atom is 0.143 e. The lowest BCUT2D eigenvalue weighted by atomic mass is 10.0. The van der Waals surface area contributed by atoms with Gasteiger partial charge < -0.3 is 5.32 Å². The standard InChI is InChI=1S/C13H11BrF2INS/c1-18-11(7-4-12(17)19-6-7)5-8-10(15)3-2-9(14)13(8)16/h2-4,6,11,18H,5H2,1H3. The molecule has 1 aromatic heterocycles. The zero-order valence-electron chi connectivity index (χ0n) is 10.0. The van der Waals surface area contributed by atoms with Crippen molar-refractivity contribution in [3.05, 3.63) is 53.7 Å². The highest BCUT2D eigenvalue weighted by atomic mass is 127. The van der Waals surface area contributed by atoms with Crippen LogP contribution in [0.15, 0.2) is 28.1 Å². The zero-order valence-corrected chi connectivity index (χ0v) is 14.6. The van der Waals surface area contributed by atoms with Gasteiger partial charge in [0.25, 0.3) is 0 Å².